The third kappa shape index (κ3) is 2.88. The number of nitrogens with one attached hydrogen (secondary N) is 1. The minimum absolute atomic E-state index is 0.0584. The summed E-state index contributed by atoms with van der Waals surface area (Å²) in [5, 5.41) is 14.6. The van der Waals surface area contributed by atoms with Gasteiger partial charge in [-0.05, 0) is 18.9 Å². The summed E-state index contributed by atoms with van der Waals surface area (Å²) < 4.78 is 0. The van der Waals surface area contributed by atoms with Gasteiger partial charge >= 0.3 is 0 Å². The van der Waals surface area contributed by atoms with Crippen LogP contribution in [-0.4, -0.2) is 11.0 Å². The van der Waals surface area contributed by atoms with Gasteiger partial charge in [-0.3, -0.25) is 10.1 Å². The van der Waals surface area contributed by atoms with E-state index in [9.17, 15) is 10.1 Å². The normalized spacial score (nSPS) is 16.8. The van der Waals surface area contributed by atoms with Crippen LogP contribution in [0, 0.1) is 10.1 Å². The van der Waals surface area contributed by atoms with Crippen molar-refractivity contribution >= 4 is 23.0 Å². The number of nitro groups is 1. The largest absolute Gasteiger partial charge is 0.376 e. The number of rotatable bonds is 3. The average Bonchev–Trinajstić information content (AvgIpc) is 2.33. The van der Waals surface area contributed by atoms with Gasteiger partial charge in [0.25, 0.3) is 5.69 Å². The third-order valence-corrected chi connectivity index (χ3v) is 3.46. The Morgan fingerprint density at radius 2 is 2.00 bits per heavy atom. The highest BCUT2D eigenvalue weighted by molar-refractivity contribution is 6.33. The highest BCUT2D eigenvalue weighted by Crippen LogP contribution is 2.34. The summed E-state index contributed by atoms with van der Waals surface area (Å²) in [5.41, 5.74) is 0.522. The molecule has 1 aliphatic carbocycles. The van der Waals surface area contributed by atoms with E-state index in [0.717, 1.165) is 12.8 Å². The highest BCUT2D eigenvalue weighted by atomic mass is 35.5. The molecule has 0 saturated heterocycles. The second-order valence-corrected chi connectivity index (χ2v) is 4.78. The van der Waals surface area contributed by atoms with E-state index in [1.807, 2.05) is 0 Å². The number of nitrogens with zero attached hydrogens (tertiary/aromatic N) is 1. The van der Waals surface area contributed by atoms with Gasteiger partial charge in [0.15, 0.2) is 0 Å². The molecule has 0 unspecified atom stereocenters. The zero-order valence-corrected chi connectivity index (χ0v) is 10.2. The van der Waals surface area contributed by atoms with Crippen molar-refractivity contribution in [3.05, 3.63) is 33.3 Å². The minimum Gasteiger partial charge on any atom is -0.376 e. The Balaban J connectivity index is 2.21. The predicted octanol–water partition coefficient (Wildman–Crippen LogP) is 3.99. The van der Waals surface area contributed by atoms with Gasteiger partial charge in [-0.25, -0.2) is 0 Å². The van der Waals surface area contributed by atoms with Crippen molar-refractivity contribution in [2.75, 3.05) is 5.32 Å². The van der Waals surface area contributed by atoms with Gasteiger partial charge in [-0.1, -0.05) is 36.9 Å². The lowest BCUT2D eigenvalue weighted by Crippen LogP contribution is -2.22. The maximum Gasteiger partial charge on any atom is 0.293 e. The van der Waals surface area contributed by atoms with Gasteiger partial charge in [-0.2, -0.15) is 0 Å². The summed E-state index contributed by atoms with van der Waals surface area (Å²) in [7, 11) is 0. The summed E-state index contributed by atoms with van der Waals surface area (Å²) in [6, 6.07) is 5.07. The number of para-hydroxylation sites is 1. The van der Waals surface area contributed by atoms with Crippen molar-refractivity contribution in [2.45, 2.75) is 38.1 Å². The standard InChI is InChI=1S/C12H15ClN2O2/c13-10-7-4-8-11(15(16)17)12(10)14-9-5-2-1-3-6-9/h4,7-9,14H,1-3,5-6H2. The Bertz CT molecular complexity index is 417. The zero-order chi connectivity index (χ0) is 12.3. The molecule has 1 aromatic carbocycles. The summed E-state index contributed by atoms with van der Waals surface area (Å²) in [6.45, 7) is 0. The van der Waals surface area contributed by atoms with Gasteiger partial charge in [0.05, 0.1) is 9.95 Å². The number of anilines is 1. The molecule has 17 heavy (non-hydrogen) atoms. The summed E-state index contributed by atoms with van der Waals surface area (Å²) in [4.78, 5) is 10.5. The molecule has 0 bridgehead atoms. The Kier molecular flexibility index (Phi) is 3.84. The first-order chi connectivity index (χ1) is 8.18. The molecule has 5 heteroatoms. The van der Waals surface area contributed by atoms with Gasteiger partial charge in [-0.15, -0.1) is 0 Å². The van der Waals surface area contributed by atoms with E-state index in [-0.39, 0.29) is 5.69 Å². The Morgan fingerprint density at radius 1 is 1.29 bits per heavy atom. The van der Waals surface area contributed by atoms with E-state index in [1.165, 1.54) is 25.3 Å². The average molecular weight is 255 g/mol. The van der Waals surface area contributed by atoms with Crippen LogP contribution in [-0.2, 0) is 0 Å². The molecule has 92 valence electrons. The van der Waals surface area contributed by atoms with Crippen molar-refractivity contribution < 1.29 is 4.92 Å². The van der Waals surface area contributed by atoms with Gasteiger partial charge in [0, 0.05) is 12.1 Å². The van der Waals surface area contributed by atoms with Crippen molar-refractivity contribution in [3.63, 3.8) is 0 Å². The second kappa shape index (κ2) is 5.36. The van der Waals surface area contributed by atoms with E-state index in [4.69, 9.17) is 11.6 Å². The van der Waals surface area contributed by atoms with Gasteiger partial charge in [0.1, 0.15) is 5.69 Å². The molecular formula is C12H15ClN2O2. The van der Waals surface area contributed by atoms with Crippen LogP contribution in [0.25, 0.3) is 0 Å². The minimum atomic E-state index is -0.392. The molecule has 4 nitrogen and oxygen atoms in total. The molecule has 0 amide bonds. The molecule has 0 spiro atoms. The van der Waals surface area contributed by atoms with E-state index in [2.05, 4.69) is 5.32 Å². The van der Waals surface area contributed by atoms with E-state index in [0.29, 0.717) is 16.8 Å². The number of benzene rings is 1. The maximum absolute atomic E-state index is 10.9. The molecule has 0 radical (unpaired) electrons. The molecule has 0 heterocycles. The quantitative estimate of drug-likeness (QED) is 0.655. The molecule has 2 rings (SSSR count). The molecule has 1 saturated carbocycles. The van der Waals surface area contributed by atoms with Crippen LogP contribution in [0.1, 0.15) is 32.1 Å². The summed E-state index contributed by atoms with van der Waals surface area (Å²) in [5.74, 6) is 0. The first kappa shape index (κ1) is 12.2. The Labute approximate surface area is 105 Å². The number of hydrogen-bond donors (Lipinski definition) is 1. The van der Waals surface area contributed by atoms with Crippen LogP contribution < -0.4 is 5.32 Å². The first-order valence-corrected chi connectivity index (χ1v) is 6.25. The van der Waals surface area contributed by atoms with Crippen molar-refractivity contribution in [2.24, 2.45) is 0 Å². The maximum atomic E-state index is 10.9. The van der Waals surface area contributed by atoms with Crippen LogP contribution >= 0.6 is 11.6 Å². The van der Waals surface area contributed by atoms with Crippen LogP contribution in [0.15, 0.2) is 18.2 Å². The van der Waals surface area contributed by atoms with Crippen molar-refractivity contribution in [1.29, 1.82) is 0 Å². The van der Waals surface area contributed by atoms with Crippen LogP contribution in [0.5, 0.6) is 0 Å². The molecule has 1 N–H and O–H groups in total. The topological polar surface area (TPSA) is 55.2 Å². The molecule has 0 aromatic heterocycles. The summed E-state index contributed by atoms with van der Waals surface area (Å²) >= 11 is 6.03. The van der Waals surface area contributed by atoms with Crippen molar-refractivity contribution in [1.82, 2.24) is 0 Å². The number of nitro benzene ring substituents is 1. The van der Waals surface area contributed by atoms with Crippen LogP contribution in [0.2, 0.25) is 5.02 Å². The number of halogens is 1. The molecular weight excluding hydrogens is 240 g/mol. The van der Waals surface area contributed by atoms with Crippen LogP contribution in [0.4, 0.5) is 11.4 Å². The Hall–Kier alpha value is -1.29. The molecule has 0 aliphatic heterocycles. The van der Waals surface area contributed by atoms with E-state index in [1.54, 1.807) is 12.1 Å². The van der Waals surface area contributed by atoms with E-state index >= 15 is 0 Å². The predicted molar refractivity (Wildman–Crippen MR) is 68.6 cm³/mol. The fourth-order valence-corrected chi connectivity index (χ4v) is 2.48. The van der Waals surface area contributed by atoms with Gasteiger partial charge < -0.3 is 5.32 Å². The van der Waals surface area contributed by atoms with Crippen molar-refractivity contribution in [3.8, 4) is 0 Å². The fraction of sp³-hybridized carbons (Fsp3) is 0.500. The zero-order valence-electron chi connectivity index (χ0n) is 9.49. The lowest BCUT2D eigenvalue weighted by molar-refractivity contribution is -0.384. The fourth-order valence-electron chi connectivity index (χ4n) is 2.26. The highest BCUT2D eigenvalue weighted by Gasteiger charge is 2.21. The molecule has 1 aliphatic rings. The molecule has 0 atom stereocenters. The second-order valence-electron chi connectivity index (χ2n) is 4.37. The smallest absolute Gasteiger partial charge is 0.293 e. The summed E-state index contributed by atoms with van der Waals surface area (Å²) in [6.07, 6.45) is 5.72. The lowest BCUT2D eigenvalue weighted by Gasteiger charge is -2.24. The monoisotopic (exact) mass is 254 g/mol. The molecule has 1 fully saturated rings. The first-order valence-electron chi connectivity index (χ1n) is 5.88. The molecule has 1 aromatic rings. The van der Waals surface area contributed by atoms with Gasteiger partial charge in [0.2, 0.25) is 0 Å². The third-order valence-electron chi connectivity index (χ3n) is 3.14. The SMILES string of the molecule is O=[N+]([O-])c1cccc(Cl)c1NC1CCCCC1. The number of hydrogen-bond acceptors (Lipinski definition) is 3. The lowest BCUT2D eigenvalue weighted by atomic mass is 9.95. The van der Waals surface area contributed by atoms with E-state index < -0.39 is 4.92 Å². The Morgan fingerprint density at radius 3 is 2.65 bits per heavy atom. The van der Waals surface area contributed by atoms with Crippen LogP contribution in [0.3, 0.4) is 0 Å².